The average Bonchev–Trinajstić information content (AvgIpc) is 3.36. The number of H-pyrrole nitrogens is 1. The summed E-state index contributed by atoms with van der Waals surface area (Å²) in [5.41, 5.74) is 1.83. The first-order valence-corrected chi connectivity index (χ1v) is 10.3. The Labute approximate surface area is 179 Å². The van der Waals surface area contributed by atoms with Crippen LogP contribution in [-0.4, -0.2) is 45.1 Å². The first-order valence-electron chi connectivity index (χ1n) is 9.33. The second-order valence-electron chi connectivity index (χ2n) is 6.77. The third-order valence-corrected chi connectivity index (χ3v) is 5.81. The van der Waals surface area contributed by atoms with Gasteiger partial charge in [-0.05, 0) is 25.0 Å². The van der Waals surface area contributed by atoms with E-state index in [1.807, 2.05) is 16.8 Å². The Balaban J connectivity index is 0.00000218. The van der Waals surface area contributed by atoms with Gasteiger partial charge in [-0.15, -0.1) is 0 Å². The summed E-state index contributed by atoms with van der Waals surface area (Å²) >= 11 is 1.37. The van der Waals surface area contributed by atoms with Crippen LogP contribution in [0.25, 0.3) is 22.1 Å². The molecular formula is C19H22N5O4PS. The molecule has 158 valence electrons. The lowest BCUT2D eigenvalue weighted by Crippen LogP contribution is -2.21. The highest BCUT2D eigenvalue weighted by atomic mass is 32.2. The van der Waals surface area contributed by atoms with Crippen molar-refractivity contribution in [3.05, 3.63) is 40.6 Å². The van der Waals surface area contributed by atoms with E-state index in [9.17, 15) is 4.79 Å². The van der Waals surface area contributed by atoms with Gasteiger partial charge in [-0.3, -0.25) is 4.79 Å². The van der Waals surface area contributed by atoms with E-state index in [2.05, 4.69) is 20.1 Å². The molecule has 0 amide bonds. The van der Waals surface area contributed by atoms with Crippen molar-refractivity contribution in [3.63, 3.8) is 0 Å². The van der Waals surface area contributed by atoms with Crippen LogP contribution in [0.3, 0.4) is 0 Å². The maximum atomic E-state index is 12.5. The van der Waals surface area contributed by atoms with E-state index in [4.69, 9.17) is 13.9 Å². The van der Waals surface area contributed by atoms with Crippen LogP contribution in [0.15, 0.2) is 38.8 Å². The number of thioether (sulfide) groups is 1. The molecule has 1 saturated heterocycles. The first-order chi connectivity index (χ1) is 14.2. The van der Waals surface area contributed by atoms with Gasteiger partial charge in [0.1, 0.15) is 16.7 Å². The van der Waals surface area contributed by atoms with Crippen LogP contribution in [0, 0.1) is 0 Å². The lowest BCUT2D eigenvalue weighted by molar-refractivity contribution is 0.0673. The molecular weight excluding hydrogens is 425 g/mol. The van der Waals surface area contributed by atoms with Crippen LogP contribution in [0.4, 0.5) is 0 Å². The third kappa shape index (κ3) is 3.95. The van der Waals surface area contributed by atoms with Crippen LogP contribution >= 0.6 is 21.7 Å². The summed E-state index contributed by atoms with van der Waals surface area (Å²) < 4.78 is 18.3. The highest BCUT2D eigenvalue weighted by molar-refractivity contribution is 7.98. The zero-order valence-electron chi connectivity index (χ0n) is 16.5. The van der Waals surface area contributed by atoms with Gasteiger partial charge in [0.05, 0.1) is 25.1 Å². The van der Waals surface area contributed by atoms with E-state index in [-0.39, 0.29) is 21.5 Å². The molecule has 11 heteroatoms. The number of benzene rings is 1. The van der Waals surface area contributed by atoms with Gasteiger partial charge in [0.2, 0.25) is 5.89 Å². The zero-order chi connectivity index (χ0) is 19.8. The fourth-order valence-electron chi connectivity index (χ4n) is 3.45. The minimum Gasteiger partial charge on any atom is -0.497 e. The predicted octanol–water partition coefficient (Wildman–Crippen LogP) is 2.97. The minimum atomic E-state index is -0.196. The summed E-state index contributed by atoms with van der Waals surface area (Å²) in [5, 5.41) is 5.42. The third-order valence-electron chi connectivity index (χ3n) is 4.95. The van der Waals surface area contributed by atoms with Gasteiger partial charge in [0, 0.05) is 19.3 Å². The lowest BCUT2D eigenvalue weighted by Gasteiger charge is -2.22. The number of nitrogens with one attached hydrogen (secondary N) is 1. The van der Waals surface area contributed by atoms with Crippen LogP contribution < -0.4 is 10.3 Å². The number of aromatic nitrogens is 5. The minimum absolute atomic E-state index is 0. The highest BCUT2D eigenvalue weighted by Gasteiger charge is 2.21. The fourth-order valence-corrected chi connectivity index (χ4v) is 4.15. The van der Waals surface area contributed by atoms with Crippen molar-refractivity contribution in [2.75, 3.05) is 20.3 Å². The molecule has 1 unspecified atom stereocenters. The van der Waals surface area contributed by atoms with Crippen molar-refractivity contribution in [3.8, 4) is 5.75 Å². The molecule has 1 atom stereocenters. The fraction of sp³-hybridized carbons (Fsp3) is 0.368. The average molecular weight is 447 g/mol. The number of fused-ring (bicyclic) bond motifs is 2. The number of hydrogen-bond donors (Lipinski definition) is 1. The summed E-state index contributed by atoms with van der Waals surface area (Å²) in [6.07, 6.45) is 3.31. The molecule has 30 heavy (non-hydrogen) atoms. The summed E-state index contributed by atoms with van der Waals surface area (Å²) in [5.74, 6) is 1.71. The summed E-state index contributed by atoms with van der Waals surface area (Å²) in [6.45, 7) is 1.39. The summed E-state index contributed by atoms with van der Waals surface area (Å²) in [7, 11) is 1.61. The molecule has 4 heterocycles. The number of nitrogens with zero attached hydrogens (tertiary/aromatic N) is 4. The zero-order valence-corrected chi connectivity index (χ0v) is 18.7. The Hall–Kier alpha value is -2.42. The maximum absolute atomic E-state index is 12.5. The number of hydrogen-bond acceptors (Lipinski definition) is 8. The molecule has 1 aliphatic heterocycles. The molecule has 5 rings (SSSR count). The Bertz CT molecular complexity index is 1230. The molecule has 4 aromatic rings. The van der Waals surface area contributed by atoms with Crippen molar-refractivity contribution in [2.24, 2.45) is 0 Å². The predicted molar refractivity (Wildman–Crippen MR) is 118 cm³/mol. The molecule has 1 N–H and O–H groups in total. The van der Waals surface area contributed by atoms with Gasteiger partial charge in [0.15, 0.2) is 16.4 Å². The van der Waals surface area contributed by atoms with E-state index in [1.54, 1.807) is 19.4 Å². The lowest BCUT2D eigenvalue weighted by atomic mass is 10.1. The molecule has 9 nitrogen and oxygen atoms in total. The molecule has 1 fully saturated rings. The molecule has 0 spiro atoms. The van der Waals surface area contributed by atoms with Crippen molar-refractivity contribution in [2.45, 2.75) is 29.8 Å². The van der Waals surface area contributed by atoms with Crippen LogP contribution in [0.2, 0.25) is 0 Å². The number of oxazole rings is 1. The van der Waals surface area contributed by atoms with Gasteiger partial charge < -0.3 is 18.9 Å². The van der Waals surface area contributed by atoms with Crippen LogP contribution in [-0.2, 0) is 10.5 Å². The number of methoxy groups -OCH3 is 1. The quantitative estimate of drug-likeness (QED) is 0.283. The normalized spacial score (nSPS) is 14.8. The topological polar surface area (TPSA) is 108 Å². The Morgan fingerprint density at radius 1 is 1.30 bits per heavy atom. The first kappa shape index (κ1) is 20.8. The van der Waals surface area contributed by atoms with E-state index >= 15 is 0 Å². The van der Waals surface area contributed by atoms with E-state index in [0.29, 0.717) is 52.4 Å². The van der Waals surface area contributed by atoms with Crippen molar-refractivity contribution < 1.29 is 13.9 Å². The smallest absolute Gasteiger partial charge is 0.262 e. The maximum Gasteiger partial charge on any atom is 0.262 e. The van der Waals surface area contributed by atoms with Gasteiger partial charge >= 0.3 is 0 Å². The van der Waals surface area contributed by atoms with Crippen LogP contribution in [0.1, 0.15) is 24.8 Å². The highest BCUT2D eigenvalue weighted by Crippen LogP contribution is 2.27. The van der Waals surface area contributed by atoms with E-state index in [0.717, 1.165) is 18.4 Å². The SMILES string of the molecule is COc1ccc2nc(CSc3nc4c(cnn4C4CCOCC4)c(=O)[nH]3)oc2c1.P. The molecule has 0 saturated carbocycles. The van der Waals surface area contributed by atoms with Gasteiger partial charge in [-0.25, -0.2) is 14.6 Å². The van der Waals surface area contributed by atoms with Gasteiger partial charge in [-0.1, -0.05) is 11.8 Å². The van der Waals surface area contributed by atoms with Crippen LogP contribution in [0.5, 0.6) is 5.75 Å². The molecule has 0 bridgehead atoms. The molecule has 0 radical (unpaired) electrons. The summed E-state index contributed by atoms with van der Waals surface area (Å²) in [6, 6.07) is 5.69. The van der Waals surface area contributed by atoms with Gasteiger partial charge in [0.25, 0.3) is 5.56 Å². The van der Waals surface area contributed by atoms with Gasteiger partial charge in [-0.2, -0.15) is 15.0 Å². The standard InChI is InChI=1S/C19H19N5O4S.H3P/c1-26-12-2-3-14-15(8-12)28-16(21-14)10-29-19-22-17-13(18(25)23-19)9-20-24(17)11-4-6-27-7-5-11;/h2-3,8-9,11H,4-7,10H2,1H3,(H,22,23,25);1H3. The second kappa shape index (κ2) is 8.75. The van der Waals surface area contributed by atoms with Crippen molar-refractivity contribution >= 4 is 43.8 Å². The summed E-state index contributed by atoms with van der Waals surface area (Å²) in [4.78, 5) is 24.4. The number of aromatic amines is 1. The van der Waals surface area contributed by atoms with E-state index in [1.165, 1.54) is 11.8 Å². The molecule has 0 aliphatic carbocycles. The van der Waals surface area contributed by atoms with E-state index < -0.39 is 0 Å². The van der Waals surface area contributed by atoms with Crippen molar-refractivity contribution in [1.82, 2.24) is 24.7 Å². The number of ether oxygens (including phenoxy) is 2. The molecule has 3 aromatic heterocycles. The molecule has 1 aromatic carbocycles. The Morgan fingerprint density at radius 3 is 2.93 bits per heavy atom. The largest absolute Gasteiger partial charge is 0.497 e. The molecule has 1 aliphatic rings. The Morgan fingerprint density at radius 2 is 2.13 bits per heavy atom. The number of rotatable bonds is 5. The Kier molecular flexibility index (Phi) is 6.08. The monoisotopic (exact) mass is 447 g/mol. The second-order valence-corrected chi connectivity index (χ2v) is 7.74. The van der Waals surface area contributed by atoms with Crippen molar-refractivity contribution in [1.29, 1.82) is 0 Å².